The lowest BCUT2D eigenvalue weighted by molar-refractivity contribution is -0.0968. The maximum absolute atomic E-state index is 13.8. The van der Waals surface area contributed by atoms with Crippen LogP contribution >= 0.6 is 0 Å². The molecule has 31 heavy (non-hydrogen) atoms. The quantitative estimate of drug-likeness (QED) is 0.488. The number of carbonyl (C=O) groups is 1. The molecule has 4 aromatic carbocycles. The summed E-state index contributed by atoms with van der Waals surface area (Å²) in [7, 11) is 0. The van der Waals surface area contributed by atoms with Crippen LogP contribution < -0.4 is 0 Å². The van der Waals surface area contributed by atoms with Crippen molar-refractivity contribution < 1.29 is 9.90 Å². The molecule has 4 aromatic rings. The average molecular weight is 405 g/mol. The van der Waals surface area contributed by atoms with Crippen LogP contribution in [0.2, 0.25) is 0 Å². The SMILES string of the molecule is O=C1c2ccccc2[C@@](O)(Cc2ccccc2)N1C(c1ccccc1)c1ccccc1. The second-order valence-corrected chi connectivity index (χ2v) is 7.92. The van der Waals surface area contributed by atoms with Gasteiger partial charge in [-0.3, -0.25) is 9.69 Å². The molecule has 1 N–H and O–H groups in total. The fourth-order valence-electron chi connectivity index (χ4n) is 4.60. The molecule has 0 saturated carbocycles. The maximum atomic E-state index is 13.8. The smallest absolute Gasteiger partial charge is 0.257 e. The highest BCUT2D eigenvalue weighted by Crippen LogP contribution is 2.46. The van der Waals surface area contributed by atoms with Crippen LogP contribution in [0.1, 0.15) is 38.7 Å². The summed E-state index contributed by atoms with van der Waals surface area (Å²) in [5.41, 5.74) is 2.63. The van der Waals surface area contributed by atoms with Gasteiger partial charge in [-0.1, -0.05) is 109 Å². The van der Waals surface area contributed by atoms with Crippen LogP contribution in [0, 0.1) is 0 Å². The van der Waals surface area contributed by atoms with E-state index in [4.69, 9.17) is 0 Å². The first-order valence-electron chi connectivity index (χ1n) is 10.5. The van der Waals surface area contributed by atoms with Crippen molar-refractivity contribution >= 4 is 5.91 Å². The van der Waals surface area contributed by atoms with E-state index in [1.54, 1.807) is 11.0 Å². The summed E-state index contributed by atoms with van der Waals surface area (Å²) in [6.45, 7) is 0. The molecule has 0 spiro atoms. The Hall–Kier alpha value is -3.69. The monoisotopic (exact) mass is 405 g/mol. The molecule has 1 atom stereocenters. The second kappa shape index (κ2) is 7.86. The van der Waals surface area contributed by atoms with E-state index in [-0.39, 0.29) is 5.91 Å². The maximum Gasteiger partial charge on any atom is 0.257 e. The molecule has 0 unspecified atom stereocenters. The molecule has 0 bridgehead atoms. The van der Waals surface area contributed by atoms with Gasteiger partial charge in [-0.25, -0.2) is 0 Å². The molecule has 1 amide bonds. The number of benzene rings is 4. The van der Waals surface area contributed by atoms with E-state index in [2.05, 4.69) is 0 Å². The van der Waals surface area contributed by atoms with Crippen LogP contribution in [0.25, 0.3) is 0 Å². The lowest BCUT2D eigenvalue weighted by atomic mass is 9.91. The van der Waals surface area contributed by atoms with Crippen molar-refractivity contribution in [2.45, 2.75) is 18.2 Å². The third-order valence-electron chi connectivity index (χ3n) is 5.99. The topological polar surface area (TPSA) is 40.5 Å². The van der Waals surface area contributed by atoms with Crippen molar-refractivity contribution in [1.29, 1.82) is 0 Å². The predicted molar refractivity (Wildman–Crippen MR) is 121 cm³/mol. The van der Waals surface area contributed by atoms with Crippen molar-refractivity contribution in [2.24, 2.45) is 0 Å². The van der Waals surface area contributed by atoms with Crippen molar-refractivity contribution in [3.63, 3.8) is 0 Å². The number of hydrogen-bond acceptors (Lipinski definition) is 2. The molecule has 1 heterocycles. The number of fused-ring (bicyclic) bond motifs is 1. The zero-order valence-electron chi connectivity index (χ0n) is 17.1. The third kappa shape index (κ3) is 3.33. The molecule has 3 nitrogen and oxygen atoms in total. The van der Waals surface area contributed by atoms with Gasteiger partial charge in [0, 0.05) is 17.5 Å². The Balaban J connectivity index is 1.71. The van der Waals surface area contributed by atoms with Gasteiger partial charge in [0.05, 0.1) is 6.04 Å². The molecular weight excluding hydrogens is 382 g/mol. The van der Waals surface area contributed by atoms with Crippen molar-refractivity contribution in [1.82, 2.24) is 4.90 Å². The van der Waals surface area contributed by atoms with Gasteiger partial charge in [0.2, 0.25) is 0 Å². The molecule has 0 saturated heterocycles. The van der Waals surface area contributed by atoms with Crippen LogP contribution in [0.5, 0.6) is 0 Å². The van der Waals surface area contributed by atoms with E-state index >= 15 is 0 Å². The number of aliphatic hydroxyl groups is 1. The molecule has 3 heteroatoms. The predicted octanol–water partition coefficient (Wildman–Crippen LogP) is 5.32. The van der Waals surface area contributed by atoms with Crippen molar-refractivity contribution in [3.05, 3.63) is 143 Å². The number of amides is 1. The Kier molecular flexibility index (Phi) is 4.89. The minimum Gasteiger partial charge on any atom is -0.366 e. The highest BCUT2D eigenvalue weighted by molar-refractivity contribution is 6.00. The zero-order chi connectivity index (χ0) is 21.3. The van der Waals surface area contributed by atoms with Gasteiger partial charge >= 0.3 is 0 Å². The van der Waals surface area contributed by atoms with E-state index < -0.39 is 11.8 Å². The van der Waals surface area contributed by atoms with Gasteiger partial charge in [0.1, 0.15) is 0 Å². The minimum absolute atomic E-state index is 0.160. The van der Waals surface area contributed by atoms with E-state index in [9.17, 15) is 9.90 Å². The fraction of sp³-hybridized carbons (Fsp3) is 0.107. The number of rotatable bonds is 5. The van der Waals surface area contributed by atoms with E-state index in [0.717, 1.165) is 16.7 Å². The zero-order valence-corrected chi connectivity index (χ0v) is 17.1. The molecule has 0 radical (unpaired) electrons. The van der Waals surface area contributed by atoms with Gasteiger partial charge in [0.15, 0.2) is 5.72 Å². The third-order valence-corrected chi connectivity index (χ3v) is 5.99. The summed E-state index contributed by atoms with van der Waals surface area (Å²) in [6.07, 6.45) is 0.312. The summed E-state index contributed by atoms with van der Waals surface area (Å²) < 4.78 is 0. The summed E-state index contributed by atoms with van der Waals surface area (Å²) in [4.78, 5) is 15.4. The molecule has 1 aliphatic heterocycles. The van der Waals surface area contributed by atoms with Gasteiger partial charge in [-0.05, 0) is 22.8 Å². The molecule has 152 valence electrons. The number of hydrogen-bond donors (Lipinski definition) is 1. The van der Waals surface area contributed by atoms with Crippen LogP contribution in [-0.2, 0) is 12.1 Å². The standard InChI is InChI=1S/C28H23NO2/c30-27-24-18-10-11-19-25(24)28(31,20-21-12-4-1-5-13-21)29(27)26(22-14-6-2-7-15-22)23-16-8-3-9-17-23/h1-19,26,31H,20H2/t28-/m0/s1. The van der Waals surface area contributed by atoms with E-state index in [1.165, 1.54) is 0 Å². The first-order valence-corrected chi connectivity index (χ1v) is 10.5. The molecule has 0 fully saturated rings. The molecular formula is C28H23NO2. The van der Waals surface area contributed by atoms with Crippen LogP contribution in [0.3, 0.4) is 0 Å². The number of carbonyl (C=O) groups excluding carboxylic acids is 1. The summed E-state index contributed by atoms with van der Waals surface area (Å²) >= 11 is 0. The van der Waals surface area contributed by atoms with Gasteiger partial charge < -0.3 is 5.11 Å². The van der Waals surface area contributed by atoms with Crippen LogP contribution in [-0.4, -0.2) is 15.9 Å². The Morgan fingerprint density at radius 2 is 1.16 bits per heavy atom. The first-order chi connectivity index (χ1) is 15.2. The van der Waals surface area contributed by atoms with E-state index in [0.29, 0.717) is 17.5 Å². The fourth-order valence-corrected chi connectivity index (χ4v) is 4.60. The summed E-state index contributed by atoms with van der Waals surface area (Å²) in [6, 6.07) is 36.7. The first kappa shape index (κ1) is 19.3. The van der Waals surface area contributed by atoms with Crippen LogP contribution in [0.4, 0.5) is 0 Å². The van der Waals surface area contributed by atoms with Gasteiger partial charge in [0.25, 0.3) is 5.91 Å². The Morgan fingerprint density at radius 1 is 0.677 bits per heavy atom. The van der Waals surface area contributed by atoms with Crippen LogP contribution in [0.15, 0.2) is 115 Å². The highest BCUT2D eigenvalue weighted by Gasteiger charge is 2.51. The summed E-state index contributed by atoms with van der Waals surface area (Å²) in [5, 5.41) is 12.2. The van der Waals surface area contributed by atoms with E-state index in [1.807, 2.05) is 109 Å². The summed E-state index contributed by atoms with van der Waals surface area (Å²) in [5.74, 6) is -0.160. The second-order valence-electron chi connectivity index (χ2n) is 7.92. The van der Waals surface area contributed by atoms with Crippen molar-refractivity contribution in [3.8, 4) is 0 Å². The lowest BCUT2D eigenvalue weighted by Crippen LogP contribution is -2.47. The van der Waals surface area contributed by atoms with Gasteiger partial charge in [-0.15, -0.1) is 0 Å². The highest BCUT2D eigenvalue weighted by atomic mass is 16.3. The largest absolute Gasteiger partial charge is 0.366 e. The lowest BCUT2D eigenvalue weighted by Gasteiger charge is -2.40. The Morgan fingerprint density at radius 3 is 1.74 bits per heavy atom. The molecule has 5 rings (SSSR count). The molecule has 1 aliphatic rings. The molecule has 0 aliphatic carbocycles. The normalized spacial score (nSPS) is 17.7. The molecule has 0 aromatic heterocycles. The average Bonchev–Trinajstić information content (AvgIpc) is 3.04. The minimum atomic E-state index is -1.47. The van der Waals surface area contributed by atoms with Crippen molar-refractivity contribution in [2.75, 3.05) is 0 Å². The Bertz CT molecular complexity index is 1150. The number of nitrogens with zero attached hydrogens (tertiary/aromatic N) is 1. The Labute approximate surface area is 182 Å². The van der Waals surface area contributed by atoms with Gasteiger partial charge in [-0.2, -0.15) is 0 Å².